The summed E-state index contributed by atoms with van der Waals surface area (Å²) in [4.78, 5) is 25.3. The molecule has 1 amide bonds. The van der Waals surface area contributed by atoms with E-state index >= 15 is 0 Å². The second-order valence-electron chi connectivity index (χ2n) is 7.36. The van der Waals surface area contributed by atoms with Crippen molar-refractivity contribution in [3.8, 4) is 0 Å². The Kier molecular flexibility index (Phi) is 4.69. The number of rotatable bonds is 6. The largest absolute Gasteiger partial charge is 0.369 e. The van der Waals surface area contributed by atoms with Crippen molar-refractivity contribution in [1.82, 2.24) is 14.9 Å². The third kappa shape index (κ3) is 2.90. The molecule has 0 unspecified atom stereocenters. The second-order valence-corrected chi connectivity index (χ2v) is 8.36. The van der Waals surface area contributed by atoms with E-state index in [9.17, 15) is 4.79 Å². The molecule has 1 saturated carbocycles. The van der Waals surface area contributed by atoms with Gasteiger partial charge in [0.05, 0.1) is 10.3 Å². The zero-order valence-electron chi connectivity index (χ0n) is 15.7. The maximum absolute atomic E-state index is 12.8. The fraction of sp³-hybridized carbons (Fsp3) is 0.550. The number of fused-ring (bicyclic) bond motifs is 3. The molecule has 2 heterocycles. The number of aryl methyl sites for hydroxylation is 1. The number of allylic oxidation sites excluding steroid dienone is 2. The highest BCUT2D eigenvalue weighted by Crippen LogP contribution is 2.43. The van der Waals surface area contributed by atoms with Crippen molar-refractivity contribution in [2.75, 3.05) is 25.0 Å². The molecule has 138 valence electrons. The van der Waals surface area contributed by atoms with E-state index in [0.29, 0.717) is 11.8 Å². The summed E-state index contributed by atoms with van der Waals surface area (Å²) in [5.74, 6) is 3.14. The molecule has 0 spiro atoms. The molecule has 0 saturated heterocycles. The number of carbonyl (C=O) groups excluding carboxylic acids is 1. The fourth-order valence-corrected chi connectivity index (χ4v) is 5.54. The number of thiophene rings is 1. The third-order valence-electron chi connectivity index (χ3n) is 5.92. The van der Waals surface area contributed by atoms with Gasteiger partial charge >= 0.3 is 0 Å². The normalized spacial score (nSPS) is 23.7. The number of hydrogen-bond acceptors (Lipinski definition) is 5. The van der Waals surface area contributed by atoms with Crippen LogP contribution in [0, 0.1) is 24.7 Å². The van der Waals surface area contributed by atoms with E-state index in [0.717, 1.165) is 52.0 Å². The number of nitrogens with zero attached hydrogens (tertiary/aromatic N) is 3. The summed E-state index contributed by atoms with van der Waals surface area (Å²) >= 11 is 1.48. The van der Waals surface area contributed by atoms with Crippen LogP contribution in [0.2, 0.25) is 0 Å². The van der Waals surface area contributed by atoms with Gasteiger partial charge in [0.1, 0.15) is 17.0 Å². The van der Waals surface area contributed by atoms with Crippen LogP contribution >= 0.6 is 11.3 Å². The minimum atomic E-state index is 0.0969. The summed E-state index contributed by atoms with van der Waals surface area (Å²) in [7, 11) is 0. The highest BCUT2D eigenvalue weighted by atomic mass is 32.1. The maximum atomic E-state index is 12.8. The molecule has 6 heteroatoms. The summed E-state index contributed by atoms with van der Waals surface area (Å²) in [6.07, 6.45) is 8.94. The minimum absolute atomic E-state index is 0.0969. The van der Waals surface area contributed by atoms with Gasteiger partial charge in [-0.25, -0.2) is 9.97 Å². The lowest BCUT2D eigenvalue weighted by atomic mass is 9.93. The Hall–Kier alpha value is -1.95. The van der Waals surface area contributed by atoms with Crippen LogP contribution in [0.25, 0.3) is 10.2 Å². The van der Waals surface area contributed by atoms with Crippen LogP contribution in [0.4, 0.5) is 5.82 Å². The van der Waals surface area contributed by atoms with Crippen molar-refractivity contribution in [3.05, 3.63) is 28.9 Å². The van der Waals surface area contributed by atoms with E-state index in [1.807, 2.05) is 25.7 Å². The first-order valence-corrected chi connectivity index (χ1v) is 10.4. The minimum Gasteiger partial charge on any atom is -0.369 e. The molecule has 2 aliphatic carbocycles. The summed E-state index contributed by atoms with van der Waals surface area (Å²) in [5.41, 5.74) is 0.998. The highest BCUT2D eigenvalue weighted by molar-refractivity contribution is 7.20. The van der Waals surface area contributed by atoms with Gasteiger partial charge in [-0.2, -0.15) is 0 Å². The van der Waals surface area contributed by atoms with Gasteiger partial charge in [-0.3, -0.25) is 4.79 Å². The van der Waals surface area contributed by atoms with Crippen LogP contribution in [0.3, 0.4) is 0 Å². The fourth-order valence-electron chi connectivity index (χ4n) is 4.42. The first kappa shape index (κ1) is 17.5. The second kappa shape index (κ2) is 6.99. The Morgan fingerprint density at radius 3 is 2.73 bits per heavy atom. The lowest BCUT2D eigenvalue weighted by Gasteiger charge is -2.19. The highest BCUT2D eigenvalue weighted by Gasteiger charge is 2.35. The number of anilines is 1. The van der Waals surface area contributed by atoms with Gasteiger partial charge in [-0.05, 0) is 56.9 Å². The van der Waals surface area contributed by atoms with Gasteiger partial charge in [0.25, 0.3) is 5.91 Å². The van der Waals surface area contributed by atoms with Crippen LogP contribution in [0.15, 0.2) is 18.5 Å². The molecule has 2 aromatic heterocycles. The van der Waals surface area contributed by atoms with E-state index in [4.69, 9.17) is 0 Å². The first-order valence-electron chi connectivity index (χ1n) is 9.57. The lowest BCUT2D eigenvalue weighted by molar-refractivity contribution is 0.0777. The number of hydrogen-bond donors (Lipinski definition) is 1. The Morgan fingerprint density at radius 2 is 2.08 bits per heavy atom. The Bertz CT molecular complexity index is 855. The van der Waals surface area contributed by atoms with Crippen molar-refractivity contribution in [2.24, 2.45) is 17.8 Å². The average Bonchev–Trinajstić information content (AvgIpc) is 3.35. The molecule has 2 bridgehead atoms. The van der Waals surface area contributed by atoms with Crippen molar-refractivity contribution in [3.63, 3.8) is 0 Å². The molecule has 1 N–H and O–H groups in total. The summed E-state index contributed by atoms with van der Waals surface area (Å²) < 4.78 is 0. The first-order chi connectivity index (χ1) is 12.6. The Morgan fingerprint density at radius 1 is 1.27 bits per heavy atom. The zero-order valence-corrected chi connectivity index (χ0v) is 16.5. The van der Waals surface area contributed by atoms with Crippen LogP contribution in [0.5, 0.6) is 0 Å². The summed E-state index contributed by atoms with van der Waals surface area (Å²) in [6.45, 7) is 8.42. The van der Waals surface area contributed by atoms with Gasteiger partial charge in [0, 0.05) is 19.6 Å². The smallest absolute Gasteiger partial charge is 0.264 e. The van der Waals surface area contributed by atoms with Crippen molar-refractivity contribution in [2.45, 2.75) is 33.6 Å². The quantitative estimate of drug-likeness (QED) is 0.778. The number of aromatic nitrogens is 2. The Labute approximate surface area is 158 Å². The summed E-state index contributed by atoms with van der Waals surface area (Å²) in [5, 5.41) is 4.57. The Balaban J connectivity index is 1.59. The average molecular weight is 371 g/mol. The standard InChI is InChI=1S/C20H26N4OS/c1-4-24(5-2)20(25)17-12(3)16-18(22-11-23-19(16)26-17)21-10-15-9-13-6-7-14(15)8-13/h6-7,11,13-15H,4-5,8-10H2,1-3H3,(H,21,22,23)/t13-,14+,15-/m0/s1. The van der Waals surface area contributed by atoms with E-state index in [-0.39, 0.29) is 5.91 Å². The SMILES string of the molecule is CCN(CC)C(=O)c1sc2ncnc(NC[C@@H]3C[C@H]4C=C[C@@H]3C4)c2c1C. The molecular weight excluding hydrogens is 344 g/mol. The van der Waals surface area contributed by atoms with Crippen LogP contribution in [-0.2, 0) is 0 Å². The lowest BCUT2D eigenvalue weighted by Crippen LogP contribution is -2.30. The number of amides is 1. The molecular formula is C20H26N4OS. The van der Waals surface area contributed by atoms with Gasteiger partial charge < -0.3 is 10.2 Å². The molecule has 3 atom stereocenters. The predicted molar refractivity (Wildman–Crippen MR) is 107 cm³/mol. The monoisotopic (exact) mass is 370 g/mol. The zero-order chi connectivity index (χ0) is 18.3. The molecule has 2 aliphatic rings. The predicted octanol–water partition coefficient (Wildman–Crippen LogP) is 4.11. The molecule has 5 nitrogen and oxygen atoms in total. The van der Waals surface area contributed by atoms with Crippen molar-refractivity contribution < 1.29 is 4.79 Å². The van der Waals surface area contributed by atoms with Crippen LogP contribution in [-0.4, -0.2) is 40.4 Å². The van der Waals surface area contributed by atoms with E-state index in [1.165, 1.54) is 24.2 Å². The van der Waals surface area contributed by atoms with Gasteiger partial charge in [0.15, 0.2) is 0 Å². The van der Waals surface area contributed by atoms with E-state index < -0.39 is 0 Å². The molecule has 0 radical (unpaired) electrons. The molecule has 26 heavy (non-hydrogen) atoms. The molecule has 2 aromatic rings. The van der Waals surface area contributed by atoms with Crippen molar-refractivity contribution >= 4 is 33.3 Å². The van der Waals surface area contributed by atoms with Crippen molar-refractivity contribution in [1.29, 1.82) is 0 Å². The molecule has 0 aliphatic heterocycles. The van der Waals surface area contributed by atoms with E-state index in [1.54, 1.807) is 6.33 Å². The number of nitrogens with one attached hydrogen (secondary N) is 1. The van der Waals surface area contributed by atoms with E-state index in [2.05, 4.69) is 27.4 Å². The number of carbonyl (C=O) groups is 1. The van der Waals surface area contributed by atoms with Crippen LogP contribution in [0.1, 0.15) is 41.9 Å². The maximum Gasteiger partial charge on any atom is 0.264 e. The third-order valence-corrected chi connectivity index (χ3v) is 7.11. The summed E-state index contributed by atoms with van der Waals surface area (Å²) in [6, 6.07) is 0. The van der Waals surface area contributed by atoms with Gasteiger partial charge in [-0.15, -0.1) is 11.3 Å². The molecule has 0 aromatic carbocycles. The molecule has 4 rings (SSSR count). The topological polar surface area (TPSA) is 58.1 Å². The van der Waals surface area contributed by atoms with Gasteiger partial charge in [0.2, 0.25) is 0 Å². The molecule has 1 fully saturated rings. The van der Waals surface area contributed by atoms with Crippen LogP contribution < -0.4 is 5.32 Å². The van der Waals surface area contributed by atoms with Gasteiger partial charge in [-0.1, -0.05) is 12.2 Å².